The molecule has 0 radical (unpaired) electrons. The summed E-state index contributed by atoms with van der Waals surface area (Å²) in [5.41, 5.74) is 0. The number of carbonyl (C=O) groups excluding carboxylic acids is 1. The lowest BCUT2D eigenvalue weighted by Crippen LogP contribution is -2.46. The molecule has 3 nitrogen and oxygen atoms in total. The highest BCUT2D eigenvalue weighted by Crippen LogP contribution is 2.27. The molecule has 0 saturated heterocycles. The van der Waals surface area contributed by atoms with Crippen LogP contribution >= 0.6 is 0 Å². The molecule has 2 aliphatic carbocycles. The molecule has 0 aliphatic heterocycles. The Morgan fingerprint density at radius 1 is 1.20 bits per heavy atom. The number of hydrogen-bond donors (Lipinski definition) is 1. The Morgan fingerprint density at radius 2 is 1.87 bits per heavy atom. The summed E-state index contributed by atoms with van der Waals surface area (Å²) in [7, 11) is 0. The van der Waals surface area contributed by atoms with Crippen molar-refractivity contribution in [3.05, 3.63) is 0 Å². The molecule has 1 N–H and O–H groups in total. The van der Waals surface area contributed by atoms with Gasteiger partial charge in [-0.2, -0.15) is 0 Å². The molecule has 0 unspecified atom stereocenters. The summed E-state index contributed by atoms with van der Waals surface area (Å²) < 4.78 is 0. The minimum Gasteiger partial charge on any atom is -0.335 e. The van der Waals surface area contributed by atoms with E-state index in [1.165, 1.54) is 44.9 Å². The standard InChI is InChI=1S/C12H22N2O/c1-2-14(11-8-9-11)12(15)13-10-6-4-3-5-7-10/h10-11H,2-9H2,1H3,(H,13,15). The van der Waals surface area contributed by atoms with Crippen LogP contribution in [0.4, 0.5) is 4.79 Å². The summed E-state index contributed by atoms with van der Waals surface area (Å²) in [5.74, 6) is 0. The number of nitrogens with zero attached hydrogens (tertiary/aromatic N) is 1. The van der Waals surface area contributed by atoms with Crippen LogP contribution in [0.5, 0.6) is 0 Å². The molecule has 0 aromatic rings. The van der Waals surface area contributed by atoms with Gasteiger partial charge in [-0.05, 0) is 32.6 Å². The van der Waals surface area contributed by atoms with E-state index < -0.39 is 0 Å². The molecule has 0 bridgehead atoms. The van der Waals surface area contributed by atoms with Gasteiger partial charge in [0.1, 0.15) is 0 Å². The van der Waals surface area contributed by atoms with Gasteiger partial charge < -0.3 is 10.2 Å². The fourth-order valence-corrected chi connectivity index (χ4v) is 2.46. The zero-order valence-electron chi connectivity index (χ0n) is 9.67. The molecule has 15 heavy (non-hydrogen) atoms. The van der Waals surface area contributed by atoms with Crippen LogP contribution in [0.2, 0.25) is 0 Å². The molecule has 2 aliphatic rings. The van der Waals surface area contributed by atoms with Crippen LogP contribution in [0, 0.1) is 0 Å². The smallest absolute Gasteiger partial charge is 0.317 e. The third kappa shape index (κ3) is 2.86. The highest BCUT2D eigenvalue weighted by molar-refractivity contribution is 5.75. The number of hydrogen-bond acceptors (Lipinski definition) is 1. The molecular formula is C12H22N2O. The summed E-state index contributed by atoms with van der Waals surface area (Å²) in [5, 5.41) is 3.18. The second-order valence-corrected chi connectivity index (χ2v) is 4.80. The average Bonchev–Trinajstić information content (AvgIpc) is 3.04. The molecule has 0 heterocycles. The molecule has 2 saturated carbocycles. The van der Waals surface area contributed by atoms with Crippen molar-refractivity contribution in [3.63, 3.8) is 0 Å². The summed E-state index contributed by atoms with van der Waals surface area (Å²) >= 11 is 0. The van der Waals surface area contributed by atoms with E-state index in [1.54, 1.807) is 0 Å². The maximum absolute atomic E-state index is 11.9. The average molecular weight is 210 g/mol. The highest BCUT2D eigenvalue weighted by Gasteiger charge is 2.32. The number of carbonyl (C=O) groups is 1. The van der Waals surface area contributed by atoms with E-state index in [4.69, 9.17) is 0 Å². The van der Waals surface area contributed by atoms with Gasteiger partial charge in [-0.1, -0.05) is 19.3 Å². The van der Waals surface area contributed by atoms with E-state index in [2.05, 4.69) is 12.2 Å². The van der Waals surface area contributed by atoms with Crippen LogP contribution in [-0.4, -0.2) is 29.6 Å². The molecule has 2 rings (SSSR count). The van der Waals surface area contributed by atoms with Crippen molar-refractivity contribution in [2.24, 2.45) is 0 Å². The molecule has 0 spiro atoms. The number of urea groups is 1. The lowest BCUT2D eigenvalue weighted by atomic mass is 9.96. The molecule has 2 amide bonds. The SMILES string of the molecule is CCN(C(=O)NC1CCCCC1)C1CC1. The van der Waals surface area contributed by atoms with Crippen molar-refractivity contribution in [1.29, 1.82) is 0 Å². The van der Waals surface area contributed by atoms with Gasteiger partial charge in [-0.15, -0.1) is 0 Å². The third-order valence-electron chi connectivity index (χ3n) is 3.52. The fourth-order valence-electron chi connectivity index (χ4n) is 2.46. The fraction of sp³-hybridized carbons (Fsp3) is 0.917. The molecule has 2 fully saturated rings. The Balaban J connectivity index is 1.78. The Morgan fingerprint density at radius 3 is 2.40 bits per heavy atom. The largest absolute Gasteiger partial charge is 0.335 e. The maximum Gasteiger partial charge on any atom is 0.317 e. The van der Waals surface area contributed by atoms with Crippen molar-refractivity contribution in [2.45, 2.75) is 64.0 Å². The first-order valence-electron chi connectivity index (χ1n) is 6.38. The topological polar surface area (TPSA) is 32.3 Å². The molecule has 86 valence electrons. The summed E-state index contributed by atoms with van der Waals surface area (Å²) in [6.07, 6.45) is 8.65. The van der Waals surface area contributed by atoms with Crippen molar-refractivity contribution in [3.8, 4) is 0 Å². The first kappa shape index (κ1) is 10.8. The Kier molecular flexibility index (Phi) is 3.49. The Labute approximate surface area is 92.2 Å². The predicted octanol–water partition coefficient (Wildman–Crippen LogP) is 2.51. The Hall–Kier alpha value is -0.730. The van der Waals surface area contributed by atoms with Crippen LogP contribution in [-0.2, 0) is 0 Å². The van der Waals surface area contributed by atoms with E-state index in [0.717, 1.165) is 6.54 Å². The third-order valence-corrected chi connectivity index (χ3v) is 3.52. The lowest BCUT2D eigenvalue weighted by molar-refractivity contribution is 0.190. The second-order valence-electron chi connectivity index (χ2n) is 4.80. The highest BCUT2D eigenvalue weighted by atomic mass is 16.2. The van der Waals surface area contributed by atoms with Gasteiger partial charge in [0.15, 0.2) is 0 Å². The van der Waals surface area contributed by atoms with Gasteiger partial charge in [-0.3, -0.25) is 0 Å². The number of amides is 2. The van der Waals surface area contributed by atoms with Gasteiger partial charge in [0.05, 0.1) is 0 Å². The van der Waals surface area contributed by atoms with Crippen molar-refractivity contribution in [2.75, 3.05) is 6.54 Å². The van der Waals surface area contributed by atoms with Crippen LogP contribution in [0.3, 0.4) is 0 Å². The van der Waals surface area contributed by atoms with Crippen LogP contribution in [0.25, 0.3) is 0 Å². The molecule has 0 aromatic carbocycles. The molecule has 0 aromatic heterocycles. The van der Waals surface area contributed by atoms with Gasteiger partial charge >= 0.3 is 6.03 Å². The van der Waals surface area contributed by atoms with E-state index in [9.17, 15) is 4.79 Å². The number of nitrogens with one attached hydrogen (secondary N) is 1. The molecule has 0 atom stereocenters. The summed E-state index contributed by atoms with van der Waals surface area (Å²) in [4.78, 5) is 13.9. The van der Waals surface area contributed by atoms with E-state index >= 15 is 0 Å². The summed E-state index contributed by atoms with van der Waals surface area (Å²) in [6, 6.07) is 1.16. The normalized spacial score (nSPS) is 22.5. The Bertz CT molecular complexity index is 220. The van der Waals surface area contributed by atoms with Crippen molar-refractivity contribution < 1.29 is 4.79 Å². The van der Waals surface area contributed by atoms with Gasteiger partial charge in [0, 0.05) is 18.6 Å². The van der Waals surface area contributed by atoms with Gasteiger partial charge in [-0.25, -0.2) is 4.79 Å². The quantitative estimate of drug-likeness (QED) is 0.762. The van der Waals surface area contributed by atoms with Crippen molar-refractivity contribution in [1.82, 2.24) is 10.2 Å². The van der Waals surface area contributed by atoms with Crippen LogP contribution in [0.15, 0.2) is 0 Å². The van der Waals surface area contributed by atoms with E-state index in [-0.39, 0.29) is 6.03 Å². The minimum atomic E-state index is 0.173. The van der Waals surface area contributed by atoms with E-state index in [1.807, 2.05) is 4.90 Å². The first-order chi connectivity index (χ1) is 7.31. The molecule has 3 heteroatoms. The molecular weight excluding hydrogens is 188 g/mol. The zero-order chi connectivity index (χ0) is 10.7. The van der Waals surface area contributed by atoms with E-state index in [0.29, 0.717) is 12.1 Å². The monoisotopic (exact) mass is 210 g/mol. The van der Waals surface area contributed by atoms with Crippen LogP contribution in [0.1, 0.15) is 51.9 Å². The first-order valence-corrected chi connectivity index (χ1v) is 6.38. The van der Waals surface area contributed by atoms with Gasteiger partial charge in [0.2, 0.25) is 0 Å². The van der Waals surface area contributed by atoms with Crippen LogP contribution < -0.4 is 5.32 Å². The number of rotatable bonds is 3. The second kappa shape index (κ2) is 4.86. The lowest BCUT2D eigenvalue weighted by Gasteiger charge is -2.27. The predicted molar refractivity (Wildman–Crippen MR) is 60.8 cm³/mol. The minimum absolute atomic E-state index is 0.173. The van der Waals surface area contributed by atoms with Gasteiger partial charge in [0.25, 0.3) is 0 Å². The maximum atomic E-state index is 11.9. The van der Waals surface area contributed by atoms with Crippen molar-refractivity contribution >= 4 is 6.03 Å². The summed E-state index contributed by atoms with van der Waals surface area (Å²) in [6.45, 7) is 2.92. The zero-order valence-corrected chi connectivity index (χ0v) is 9.67.